The largest absolute Gasteiger partial charge is 0.507 e. The van der Waals surface area contributed by atoms with E-state index in [1.54, 1.807) is 6.07 Å². The molecule has 2 aromatic carbocycles. The molecule has 2 aromatic rings. The number of phenolic OH excluding ortho intramolecular Hbond substituents is 1. The van der Waals surface area contributed by atoms with Gasteiger partial charge in [-0.05, 0) is 43.9 Å². The topological polar surface area (TPSA) is 99.5 Å². The number of carbonyl (C=O) groups excluding carboxylic acids is 2. The third kappa shape index (κ3) is 4.73. The average molecular weight is 495 g/mol. The second kappa shape index (κ2) is 9.91. The number of benzene rings is 2. The number of carbonyl (C=O) groups is 2. The second-order valence-corrected chi connectivity index (χ2v) is 8.54. The van der Waals surface area contributed by atoms with E-state index in [2.05, 4.69) is 0 Å². The molecule has 33 heavy (non-hydrogen) atoms. The van der Waals surface area contributed by atoms with Crippen LogP contribution in [0.15, 0.2) is 35.9 Å². The third-order valence-corrected chi connectivity index (χ3v) is 5.81. The summed E-state index contributed by atoms with van der Waals surface area (Å²) < 4.78 is 10.4. The molecule has 0 aromatic heterocycles. The van der Waals surface area contributed by atoms with Crippen molar-refractivity contribution in [1.29, 1.82) is 0 Å². The molecule has 0 saturated carbocycles. The number of amides is 1. The molecule has 1 atom stereocenters. The van der Waals surface area contributed by atoms with Crippen LogP contribution >= 0.6 is 23.2 Å². The fourth-order valence-electron chi connectivity index (χ4n) is 3.73. The Bertz CT molecular complexity index is 1130. The smallest absolute Gasteiger partial charge is 0.295 e. The average Bonchev–Trinajstić information content (AvgIpc) is 3.01. The molecule has 1 amide bonds. The van der Waals surface area contributed by atoms with Gasteiger partial charge in [-0.2, -0.15) is 0 Å². The first-order valence-electron chi connectivity index (χ1n) is 9.94. The van der Waals surface area contributed by atoms with Gasteiger partial charge in [-0.3, -0.25) is 9.59 Å². The number of phenols is 1. The summed E-state index contributed by atoms with van der Waals surface area (Å²) >= 11 is 12.3. The van der Waals surface area contributed by atoms with Crippen LogP contribution < -0.4 is 9.47 Å². The van der Waals surface area contributed by atoms with Gasteiger partial charge in [-0.15, -0.1) is 0 Å². The van der Waals surface area contributed by atoms with E-state index in [0.717, 1.165) is 0 Å². The van der Waals surface area contributed by atoms with Crippen molar-refractivity contribution in [3.05, 3.63) is 57.1 Å². The number of Topliss-reactive ketones (excluding diaryl/α,β-unsaturated/α-hetero) is 1. The molecule has 10 heteroatoms. The van der Waals surface area contributed by atoms with Crippen molar-refractivity contribution in [1.82, 2.24) is 9.80 Å². The van der Waals surface area contributed by atoms with E-state index in [1.807, 2.05) is 19.0 Å². The molecule has 0 aliphatic carbocycles. The van der Waals surface area contributed by atoms with Gasteiger partial charge in [-0.1, -0.05) is 29.3 Å². The Balaban J connectivity index is 2.26. The fraction of sp³-hybridized carbons (Fsp3) is 0.304. The summed E-state index contributed by atoms with van der Waals surface area (Å²) in [6.45, 7) is 0.678. The number of aliphatic hydroxyl groups is 1. The van der Waals surface area contributed by atoms with Crippen LogP contribution in [-0.2, 0) is 9.59 Å². The Morgan fingerprint density at radius 3 is 2.39 bits per heavy atom. The van der Waals surface area contributed by atoms with E-state index >= 15 is 0 Å². The van der Waals surface area contributed by atoms with Gasteiger partial charge in [0.05, 0.1) is 36.4 Å². The highest BCUT2D eigenvalue weighted by molar-refractivity contribution is 6.46. The first-order chi connectivity index (χ1) is 15.6. The Hall–Kier alpha value is -2.94. The van der Waals surface area contributed by atoms with Gasteiger partial charge in [0.25, 0.3) is 11.7 Å². The fourth-order valence-corrected chi connectivity index (χ4v) is 4.30. The molecule has 0 radical (unpaired) electrons. The van der Waals surface area contributed by atoms with Crippen LogP contribution in [0.5, 0.6) is 17.2 Å². The highest BCUT2D eigenvalue weighted by Gasteiger charge is 2.46. The first-order valence-corrected chi connectivity index (χ1v) is 10.7. The van der Waals surface area contributed by atoms with Crippen molar-refractivity contribution in [3.8, 4) is 17.2 Å². The van der Waals surface area contributed by atoms with E-state index in [0.29, 0.717) is 12.1 Å². The van der Waals surface area contributed by atoms with Gasteiger partial charge in [0.1, 0.15) is 11.5 Å². The van der Waals surface area contributed by atoms with Gasteiger partial charge in [0.2, 0.25) is 0 Å². The number of rotatable bonds is 7. The number of halogens is 2. The maximum atomic E-state index is 13.1. The van der Waals surface area contributed by atoms with Gasteiger partial charge in [-0.25, -0.2) is 0 Å². The molecule has 0 spiro atoms. The number of methoxy groups -OCH3 is 2. The summed E-state index contributed by atoms with van der Waals surface area (Å²) in [6.07, 6.45) is 0. The molecule has 1 aliphatic heterocycles. The number of likely N-dealkylation sites (tertiary alicyclic amines) is 1. The van der Waals surface area contributed by atoms with Crippen LogP contribution in [-0.4, -0.2) is 73.1 Å². The second-order valence-electron chi connectivity index (χ2n) is 7.70. The van der Waals surface area contributed by atoms with Crippen LogP contribution in [0.3, 0.4) is 0 Å². The number of ether oxygens (including phenoxy) is 2. The first kappa shape index (κ1) is 24.7. The van der Waals surface area contributed by atoms with Crippen molar-refractivity contribution in [2.24, 2.45) is 0 Å². The third-order valence-electron chi connectivity index (χ3n) is 5.31. The van der Waals surface area contributed by atoms with Crippen LogP contribution in [0.4, 0.5) is 0 Å². The monoisotopic (exact) mass is 494 g/mol. The van der Waals surface area contributed by atoms with Gasteiger partial charge >= 0.3 is 0 Å². The molecule has 3 rings (SSSR count). The van der Waals surface area contributed by atoms with Crippen LogP contribution in [0.25, 0.3) is 5.76 Å². The lowest BCUT2D eigenvalue weighted by Gasteiger charge is -2.27. The van der Waals surface area contributed by atoms with Crippen molar-refractivity contribution in [2.45, 2.75) is 6.04 Å². The summed E-state index contributed by atoms with van der Waals surface area (Å²) in [6, 6.07) is 6.41. The summed E-state index contributed by atoms with van der Waals surface area (Å²) in [5.74, 6) is -1.96. The predicted octanol–water partition coefficient (Wildman–Crippen LogP) is 3.70. The Morgan fingerprint density at radius 2 is 1.82 bits per heavy atom. The van der Waals surface area contributed by atoms with Gasteiger partial charge < -0.3 is 29.5 Å². The number of likely N-dealkylation sites (N-methyl/N-ethyl adjacent to an activating group) is 1. The van der Waals surface area contributed by atoms with E-state index in [-0.39, 0.29) is 45.0 Å². The summed E-state index contributed by atoms with van der Waals surface area (Å²) in [7, 11) is 6.45. The molecule has 1 aliphatic rings. The lowest BCUT2D eigenvalue weighted by Crippen LogP contribution is -2.35. The summed E-state index contributed by atoms with van der Waals surface area (Å²) in [5.41, 5.74) is 0.322. The van der Waals surface area contributed by atoms with Crippen LogP contribution in [0.2, 0.25) is 10.0 Å². The number of ketones is 1. The minimum atomic E-state index is -0.968. The van der Waals surface area contributed by atoms with Gasteiger partial charge in [0.15, 0.2) is 11.5 Å². The minimum Gasteiger partial charge on any atom is -0.507 e. The highest BCUT2D eigenvalue weighted by Crippen LogP contribution is 2.44. The normalized spacial score (nSPS) is 17.7. The Kier molecular flexibility index (Phi) is 7.41. The number of hydrogen-bond acceptors (Lipinski definition) is 7. The molecule has 0 bridgehead atoms. The Morgan fingerprint density at radius 1 is 1.12 bits per heavy atom. The maximum absolute atomic E-state index is 13.1. The lowest BCUT2D eigenvalue weighted by molar-refractivity contribution is -0.140. The van der Waals surface area contributed by atoms with E-state index < -0.39 is 23.5 Å². The van der Waals surface area contributed by atoms with Crippen molar-refractivity contribution >= 4 is 40.7 Å². The molecule has 1 saturated heterocycles. The highest BCUT2D eigenvalue weighted by atomic mass is 35.5. The number of hydrogen-bond donors (Lipinski definition) is 2. The molecule has 1 unspecified atom stereocenters. The number of aromatic hydroxyl groups is 1. The number of aliphatic hydroxyl groups excluding tert-OH is 1. The van der Waals surface area contributed by atoms with Crippen molar-refractivity contribution in [2.75, 3.05) is 41.4 Å². The zero-order valence-corrected chi connectivity index (χ0v) is 20.1. The molecule has 1 fully saturated rings. The molecular weight excluding hydrogens is 471 g/mol. The van der Waals surface area contributed by atoms with E-state index in [9.17, 15) is 19.8 Å². The quantitative estimate of drug-likeness (QED) is 0.343. The SMILES string of the molecule is COc1ccc(C2/C(=C(\O)c3cc(Cl)cc(Cl)c3OC)C(=O)C(=O)N2CCN(C)C)cc1O. The van der Waals surface area contributed by atoms with E-state index in [1.165, 1.54) is 43.4 Å². The molecular formula is C23H24Cl2N2O6. The summed E-state index contributed by atoms with van der Waals surface area (Å²) in [5, 5.41) is 21.9. The molecule has 176 valence electrons. The Labute approximate surface area is 201 Å². The van der Waals surface area contributed by atoms with Crippen LogP contribution in [0, 0.1) is 0 Å². The van der Waals surface area contributed by atoms with Gasteiger partial charge in [0, 0.05) is 18.1 Å². The number of nitrogens with zero attached hydrogens (tertiary/aromatic N) is 2. The lowest BCUT2D eigenvalue weighted by atomic mass is 9.94. The van der Waals surface area contributed by atoms with Crippen LogP contribution in [0.1, 0.15) is 17.2 Å². The van der Waals surface area contributed by atoms with E-state index in [4.69, 9.17) is 32.7 Å². The molecule has 2 N–H and O–H groups in total. The standard InChI is InChI=1S/C23H24Cl2N2O6/c1-26(2)7-8-27-19(12-5-6-17(32-3)16(28)9-12)18(21(30)23(27)31)20(29)14-10-13(24)11-15(25)22(14)33-4/h5-6,9-11,19,28-29H,7-8H2,1-4H3/b20-18+. The van der Waals surface area contributed by atoms with Crippen molar-refractivity contribution in [3.63, 3.8) is 0 Å². The van der Waals surface area contributed by atoms with Crippen molar-refractivity contribution < 1.29 is 29.3 Å². The predicted molar refractivity (Wildman–Crippen MR) is 125 cm³/mol. The maximum Gasteiger partial charge on any atom is 0.295 e. The molecule has 1 heterocycles. The zero-order valence-electron chi connectivity index (χ0n) is 18.6. The molecule has 8 nitrogen and oxygen atoms in total. The zero-order chi connectivity index (χ0) is 24.4. The summed E-state index contributed by atoms with van der Waals surface area (Å²) in [4.78, 5) is 29.3. The minimum absolute atomic E-state index is 0.0725.